The number of aliphatic hydroxyl groups excluding tert-OH is 1. The van der Waals surface area contributed by atoms with Gasteiger partial charge in [0, 0.05) is 24.3 Å². The van der Waals surface area contributed by atoms with Gasteiger partial charge in [-0.3, -0.25) is 9.59 Å². The van der Waals surface area contributed by atoms with Gasteiger partial charge >= 0.3 is 0 Å². The number of rotatable bonds is 8. The molecule has 1 saturated carbocycles. The Balaban J connectivity index is 1.96. The number of halogens is 3. The molecule has 2 rings (SSSR count). The molecule has 1 aromatic rings. The lowest BCUT2D eigenvalue weighted by atomic mass is 9.75. The number of carbonyl (C=O) groups is 2. The van der Waals surface area contributed by atoms with E-state index in [0.29, 0.717) is 5.56 Å². The fourth-order valence-electron chi connectivity index (χ4n) is 3.73. The summed E-state index contributed by atoms with van der Waals surface area (Å²) in [5.74, 6) is -5.62. The van der Waals surface area contributed by atoms with Crippen molar-refractivity contribution < 1.29 is 27.9 Å². The zero-order chi connectivity index (χ0) is 20.2. The number of primary amides is 2. The molecule has 2 amide bonds. The molecule has 0 spiro atoms. The maximum absolute atomic E-state index is 13.3. The van der Waals surface area contributed by atoms with Crippen molar-refractivity contribution >= 4 is 11.8 Å². The first-order chi connectivity index (χ1) is 12.6. The average Bonchev–Trinajstić information content (AvgIpc) is 2.58. The van der Waals surface area contributed by atoms with Crippen molar-refractivity contribution in [3.8, 4) is 0 Å². The van der Waals surface area contributed by atoms with Gasteiger partial charge in [0.2, 0.25) is 17.7 Å². The molecule has 1 aliphatic carbocycles. The fourth-order valence-corrected chi connectivity index (χ4v) is 3.73. The van der Waals surface area contributed by atoms with Crippen LogP contribution >= 0.6 is 0 Å². The highest BCUT2D eigenvalue weighted by atomic mass is 19.3. The molecule has 0 radical (unpaired) electrons. The summed E-state index contributed by atoms with van der Waals surface area (Å²) >= 11 is 0. The van der Waals surface area contributed by atoms with E-state index >= 15 is 0 Å². The van der Waals surface area contributed by atoms with Crippen molar-refractivity contribution in [1.82, 2.24) is 0 Å². The van der Waals surface area contributed by atoms with Gasteiger partial charge in [-0.05, 0) is 55.7 Å². The van der Waals surface area contributed by atoms with Gasteiger partial charge in [0.25, 0.3) is 0 Å². The molecule has 2 atom stereocenters. The maximum Gasteiger partial charge on any atom is 0.249 e. The minimum atomic E-state index is -2.70. The van der Waals surface area contributed by atoms with Gasteiger partial charge in [0.15, 0.2) is 0 Å². The summed E-state index contributed by atoms with van der Waals surface area (Å²) < 4.78 is 39.9. The molecule has 150 valence electrons. The molecule has 1 fully saturated rings. The van der Waals surface area contributed by atoms with E-state index in [2.05, 4.69) is 0 Å². The van der Waals surface area contributed by atoms with Crippen molar-refractivity contribution in [1.29, 1.82) is 0 Å². The molecule has 0 aromatic heterocycles. The van der Waals surface area contributed by atoms with Crippen LogP contribution in [0, 0.1) is 17.7 Å². The normalized spacial score (nSPS) is 19.4. The van der Waals surface area contributed by atoms with Gasteiger partial charge in [0.1, 0.15) is 5.82 Å². The molecular formula is C19H25F3N2O3. The van der Waals surface area contributed by atoms with E-state index in [0.717, 1.165) is 6.07 Å². The summed E-state index contributed by atoms with van der Waals surface area (Å²) in [5, 5.41) is 10.3. The number of hydrogen-bond acceptors (Lipinski definition) is 3. The number of amides is 2. The average molecular weight is 386 g/mol. The Kier molecular flexibility index (Phi) is 6.86. The lowest BCUT2D eigenvalue weighted by Gasteiger charge is -2.33. The summed E-state index contributed by atoms with van der Waals surface area (Å²) in [6, 6.07) is 3.66. The number of hydrogen-bond donors (Lipinski definition) is 3. The number of aryl methyl sites for hydroxylation is 1. The highest BCUT2D eigenvalue weighted by Gasteiger charge is 2.39. The Morgan fingerprint density at radius 1 is 1.22 bits per heavy atom. The Hall–Kier alpha value is -2.09. The Morgan fingerprint density at radius 2 is 1.85 bits per heavy atom. The van der Waals surface area contributed by atoms with E-state index in [4.69, 9.17) is 11.5 Å². The van der Waals surface area contributed by atoms with Crippen LogP contribution in [0.5, 0.6) is 0 Å². The van der Waals surface area contributed by atoms with Crippen molar-refractivity contribution in [2.75, 3.05) is 0 Å². The summed E-state index contributed by atoms with van der Waals surface area (Å²) in [7, 11) is 0. The second-order valence-corrected chi connectivity index (χ2v) is 7.30. The van der Waals surface area contributed by atoms with Gasteiger partial charge in [0.05, 0.1) is 6.10 Å². The quantitative estimate of drug-likeness (QED) is 0.639. The van der Waals surface area contributed by atoms with Crippen LogP contribution in [0.15, 0.2) is 18.2 Å². The van der Waals surface area contributed by atoms with Crippen LogP contribution in [0.3, 0.4) is 0 Å². The van der Waals surface area contributed by atoms with Gasteiger partial charge in [-0.15, -0.1) is 0 Å². The standard InChI is InChI=1S/C19H25F3N2O3/c20-13-3-1-11(15(9-13)17(23)26)2-4-14(25)10-16(18(24)27)12-5-7-19(21,22)8-6-12/h1,3,9,12,14,16,25H,2,4-8,10H2,(H2,23,26)(H2,24,27). The van der Waals surface area contributed by atoms with Gasteiger partial charge < -0.3 is 16.6 Å². The maximum atomic E-state index is 13.3. The molecule has 0 aliphatic heterocycles. The number of benzene rings is 1. The number of aliphatic hydroxyl groups is 1. The molecule has 5 nitrogen and oxygen atoms in total. The second kappa shape index (κ2) is 8.73. The monoisotopic (exact) mass is 386 g/mol. The molecule has 27 heavy (non-hydrogen) atoms. The summed E-state index contributed by atoms with van der Waals surface area (Å²) in [6.45, 7) is 0. The molecule has 0 bridgehead atoms. The number of alkyl halides is 2. The predicted octanol–water partition coefficient (Wildman–Crippen LogP) is 2.54. The van der Waals surface area contributed by atoms with Crippen LogP contribution < -0.4 is 11.5 Å². The van der Waals surface area contributed by atoms with Crippen molar-refractivity contribution in [2.45, 2.75) is 57.0 Å². The SMILES string of the molecule is NC(=O)c1cc(F)ccc1CCC(O)CC(C(N)=O)C1CCC(F)(F)CC1. The molecule has 8 heteroatoms. The van der Waals surface area contributed by atoms with E-state index in [1.54, 1.807) is 0 Å². The Bertz CT molecular complexity index is 687. The molecule has 2 unspecified atom stereocenters. The van der Waals surface area contributed by atoms with Crippen molar-refractivity contribution in [3.63, 3.8) is 0 Å². The van der Waals surface area contributed by atoms with Gasteiger partial charge in [-0.1, -0.05) is 6.07 Å². The summed E-state index contributed by atoms with van der Waals surface area (Å²) in [4.78, 5) is 23.2. The van der Waals surface area contributed by atoms with Crippen LogP contribution in [-0.2, 0) is 11.2 Å². The Morgan fingerprint density at radius 3 is 2.41 bits per heavy atom. The van der Waals surface area contributed by atoms with Crippen LogP contribution in [0.4, 0.5) is 13.2 Å². The minimum absolute atomic E-state index is 0.0446. The van der Waals surface area contributed by atoms with E-state index in [9.17, 15) is 27.9 Å². The lowest BCUT2D eigenvalue weighted by Crippen LogP contribution is -2.37. The predicted molar refractivity (Wildman–Crippen MR) is 93.5 cm³/mol. The van der Waals surface area contributed by atoms with Crippen molar-refractivity contribution in [2.24, 2.45) is 23.3 Å². The fraction of sp³-hybridized carbons (Fsp3) is 0.579. The zero-order valence-corrected chi connectivity index (χ0v) is 15.0. The van der Waals surface area contributed by atoms with Crippen LogP contribution in [0.25, 0.3) is 0 Å². The molecule has 1 aliphatic rings. The number of nitrogens with two attached hydrogens (primary N) is 2. The first-order valence-corrected chi connectivity index (χ1v) is 9.02. The van der Waals surface area contributed by atoms with Crippen LogP contribution in [0.2, 0.25) is 0 Å². The third kappa shape index (κ3) is 5.95. The molecule has 5 N–H and O–H groups in total. The molecular weight excluding hydrogens is 361 g/mol. The molecule has 0 saturated heterocycles. The Labute approximate surface area is 155 Å². The van der Waals surface area contributed by atoms with E-state index in [1.165, 1.54) is 12.1 Å². The zero-order valence-electron chi connectivity index (χ0n) is 15.0. The molecule has 1 aromatic carbocycles. The highest BCUT2D eigenvalue weighted by Crippen LogP contribution is 2.40. The summed E-state index contributed by atoms with van der Waals surface area (Å²) in [5.41, 5.74) is 11.2. The largest absolute Gasteiger partial charge is 0.393 e. The van der Waals surface area contributed by atoms with Crippen LogP contribution in [0.1, 0.15) is 54.4 Å². The lowest BCUT2D eigenvalue weighted by molar-refractivity contribution is -0.127. The third-order valence-corrected chi connectivity index (χ3v) is 5.31. The third-order valence-electron chi connectivity index (χ3n) is 5.31. The summed E-state index contributed by atoms with van der Waals surface area (Å²) in [6.07, 6.45) is -0.556. The van der Waals surface area contributed by atoms with E-state index in [1.807, 2.05) is 0 Å². The van der Waals surface area contributed by atoms with Crippen LogP contribution in [-0.4, -0.2) is 28.9 Å². The van der Waals surface area contributed by atoms with E-state index < -0.39 is 35.6 Å². The smallest absolute Gasteiger partial charge is 0.249 e. The first-order valence-electron chi connectivity index (χ1n) is 9.02. The minimum Gasteiger partial charge on any atom is -0.393 e. The number of carbonyl (C=O) groups excluding carboxylic acids is 2. The molecule has 0 heterocycles. The second-order valence-electron chi connectivity index (χ2n) is 7.30. The van der Waals surface area contributed by atoms with Gasteiger partial charge in [-0.25, -0.2) is 13.2 Å². The van der Waals surface area contributed by atoms with E-state index in [-0.39, 0.29) is 56.4 Å². The topological polar surface area (TPSA) is 106 Å². The van der Waals surface area contributed by atoms with Gasteiger partial charge in [-0.2, -0.15) is 0 Å². The highest BCUT2D eigenvalue weighted by molar-refractivity contribution is 5.94. The first kappa shape index (κ1) is 21.2. The van der Waals surface area contributed by atoms with Crippen molar-refractivity contribution in [3.05, 3.63) is 35.1 Å².